The summed E-state index contributed by atoms with van der Waals surface area (Å²) in [6, 6.07) is 8.61. The molecular weight excluding hydrogens is 210 g/mol. The second-order valence-corrected chi connectivity index (χ2v) is 4.48. The van der Waals surface area contributed by atoms with Crippen molar-refractivity contribution < 1.29 is 0 Å². The van der Waals surface area contributed by atoms with Crippen molar-refractivity contribution in [2.24, 2.45) is 7.05 Å². The second-order valence-electron chi connectivity index (χ2n) is 4.48. The van der Waals surface area contributed by atoms with Crippen LogP contribution in [-0.4, -0.2) is 9.78 Å². The van der Waals surface area contributed by atoms with Gasteiger partial charge in [0.15, 0.2) is 0 Å². The fraction of sp³-hybridized carbons (Fsp3) is 0.357. The van der Waals surface area contributed by atoms with Gasteiger partial charge >= 0.3 is 0 Å². The van der Waals surface area contributed by atoms with Crippen LogP contribution >= 0.6 is 0 Å². The monoisotopic (exact) mass is 229 g/mol. The number of hydrogen-bond acceptors (Lipinski definition) is 2. The van der Waals surface area contributed by atoms with E-state index in [4.69, 9.17) is 0 Å². The molecule has 3 nitrogen and oxygen atoms in total. The Bertz CT molecular complexity index is 500. The Balaban J connectivity index is 1.94. The summed E-state index contributed by atoms with van der Waals surface area (Å²) in [6.45, 7) is 6.03. The number of rotatable bonds is 4. The molecule has 1 N–H and O–H groups in total. The first kappa shape index (κ1) is 11.9. The van der Waals surface area contributed by atoms with Gasteiger partial charge in [-0.05, 0) is 31.0 Å². The molecule has 1 aromatic heterocycles. The number of nitrogens with one attached hydrogen (secondary N) is 1. The molecular formula is C14H19N3. The molecule has 0 radical (unpaired) electrons. The maximum Gasteiger partial charge on any atom is 0.0518 e. The van der Waals surface area contributed by atoms with Gasteiger partial charge in [-0.2, -0.15) is 5.10 Å². The van der Waals surface area contributed by atoms with Crippen molar-refractivity contribution in [1.29, 1.82) is 0 Å². The molecule has 0 saturated carbocycles. The first-order valence-corrected chi connectivity index (χ1v) is 5.90. The van der Waals surface area contributed by atoms with Gasteiger partial charge in [-0.1, -0.05) is 23.8 Å². The minimum atomic E-state index is 0.851. The molecule has 0 amide bonds. The molecule has 0 aliphatic carbocycles. The number of aromatic nitrogens is 2. The third kappa shape index (κ3) is 2.94. The third-order valence-electron chi connectivity index (χ3n) is 3.05. The molecule has 2 aromatic rings. The van der Waals surface area contributed by atoms with Crippen molar-refractivity contribution in [2.75, 3.05) is 0 Å². The van der Waals surface area contributed by atoms with Crippen molar-refractivity contribution in [2.45, 2.75) is 26.9 Å². The lowest BCUT2D eigenvalue weighted by Gasteiger charge is -2.09. The van der Waals surface area contributed by atoms with Gasteiger partial charge < -0.3 is 5.32 Å². The van der Waals surface area contributed by atoms with Crippen LogP contribution in [-0.2, 0) is 20.1 Å². The normalized spacial score (nSPS) is 10.8. The van der Waals surface area contributed by atoms with Gasteiger partial charge in [0.1, 0.15) is 0 Å². The molecule has 0 aliphatic rings. The minimum Gasteiger partial charge on any atom is -0.307 e. The summed E-state index contributed by atoms with van der Waals surface area (Å²) in [5, 5.41) is 7.60. The van der Waals surface area contributed by atoms with E-state index in [1.807, 2.05) is 24.0 Å². The fourth-order valence-corrected chi connectivity index (χ4v) is 1.89. The standard InChI is InChI=1S/C14H19N3/c1-11-4-5-12(2)13(8-11)9-15-10-14-6-7-16-17(14)3/h4-8,15H,9-10H2,1-3H3. The van der Waals surface area contributed by atoms with E-state index in [1.54, 1.807) is 0 Å². The van der Waals surface area contributed by atoms with E-state index in [0.29, 0.717) is 0 Å². The van der Waals surface area contributed by atoms with Crippen molar-refractivity contribution in [3.05, 3.63) is 52.8 Å². The average Bonchev–Trinajstić information content (AvgIpc) is 2.70. The van der Waals surface area contributed by atoms with Crippen LogP contribution in [0.2, 0.25) is 0 Å². The summed E-state index contributed by atoms with van der Waals surface area (Å²) in [6.07, 6.45) is 1.83. The highest BCUT2D eigenvalue weighted by atomic mass is 15.3. The van der Waals surface area contributed by atoms with Gasteiger partial charge in [-0.15, -0.1) is 0 Å². The number of hydrogen-bond donors (Lipinski definition) is 1. The average molecular weight is 229 g/mol. The molecule has 0 atom stereocenters. The molecule has 0 saturated heterocycles. The second kappa shape index (κ2) is 5.15. The Kier molecular flexibility index (Phi) is 3.59. The van der Waals surface area contributed by atoms with Crippen LogP contribution in [0.3, 0.4) is 0 Å². The molecule has 0 aliphatic heterocycles. The minimum absolute atomic E-state index is 0.851. The van der Waals surface area contributed by atoms with Crippen LogP contribution in [0.4, 0.5) is 0 Å². The number of aryl methyl sites for hydroxylation is 3. The lowest BCUT2D eigenvalue weighted by Crippen LogP contribution is -2.16. The van der Waals surface area contributed by atoms with Crippen LogP contribution in [0.5, 0.6) is 0 Å². The maximum absolute atomic E-state index is 4.15. The zero-order chi connectivity index (χ0) is 12.3. The van der Waals surface area contributed by atoms with Crippen LogP contribution in [0.25, 0.3) is 0 Å². The van der Waals surface area contributed by atoms with E-state index in [1.165, 1.54) is 22.4 Å². The molecule has 0 spiro atoms. The lowest BCUT2D eigenvalue weighted by molar-refractivity contribution is 0.625. The number of benzene rings is 1. The molecule has 1 aromatic carbocycles. The third-order valence-corrected chi connectivity index (χ3v) is 3.05. The molecule has 0 fully saturated rings. The highest BCUT2D eigenvalue weighted by molar-refractivity contribution is 5.30. The van der Waals surface area contributed by atoms with Crippen LogP contribution < -0.4 is 5.32 Å². The van der Waals surface area contributed by atoms with Crippen LogP contribution in [0.1, 0.15) is 22.4 Å². The van der Waals surface area contributed by atoms with Gasteiger partial charge in [0.25, 0.3) is 0 Å². The molecule has 17 heavy (non-hydrogen) atoms. The van der Waals surface area contributed by atoms with Crippen LogP contribution in [0.15, 0.2) is 30.5 Å². The summed E-state index contributed by atoms with van der Waals surface area (Å²) in [4.78, 5) is 0. The zero-order valence-electron chi connectivity index (χ0n) is 10.7. The van der Waals surface area contributed by atoms with Crippen molar-refractivity contribution in [1.82, 2.24) is 15.1 Å². The maximum atomic E-state index is 4.15. The smallest absolute Gasteiger partial charge is 0.0518 e. The predicted octanol–water partition coefficient (Wildman–Crippen LogP) is 2.33. The van der Waals surface area contributed by atoms with Gasteiger partial charge in [-0.3, -0.25) is 4.68 Å². The number of nitrogens with zero attached hydrogens (tertiary/aromatic N) is 2. The van der Waals surface area contributed by atoms with Crippen molar-refractivity contribution >= 4 is 0 Å². The first-order valence-electron chi connectivity index (χ1n) is 5.90. The van der Waals surface area contributed by atoms with Gasteiger partial charge in [-0.25, -0.2) is 0 Å². The van der Waals surface area contributed by atoms with E-state index in [-0.39, 0.29) is 0 Å². The molecule has 0 bridgehead atoms. The summed E-state index contributed by atoms with van der Waals surface area (Å²) >= 11 is 0. The highest BCUT2D eigenvalue weighted by Gasteiger charge is 2.00. The van der Waals surface area contributed by atoms with E-state index < -0.39 is 0 Å². The first-order chi connectivity index (χ1) is 8.16. The summed E-state index contributed by atoms with van der Waals surface area (Å²) in [5.74, 6) is 0. The summed E-state index contributed by atoms with van der Waals surface area (Å²) in [7, 11) is 1.97. The molecule has 90 valence electrons. The Labute approximate surface area is 102 Å². The van der Waals surface area contributed by atoms with Gasteiger partial charge in [0, 0.05) is 26.3 Å². The van der Waals surface area contributed by atoms with E-state index >= 15 is 0 Å². The van der Waals surface area contributed by atoms with Crippen molar-refractivity contribution in [3.63, 3.8) is 0 Å². The SMILES string of the molecule is Cc1ccc(C)c(CNCc2ccnn2C)c1. The highest BCUT2D eigenvalue weighted by Crippen LogP contribution is 2.10. The van der Waals surface area contributed by atoms with Gasteiger partial charge in [0.2, 0.25) is 0 Å². The molecule has 3 heteroatoms. The summed E-state index contributed by atoms with van der Waals surface area (Å²) in [5.41, 5.74) is 5.23. The topological polar surface area (TPSA) is 29.9 Å². The van der Waals surface area contributed by atoms with E-state index in [9.17, 15) is 0 Å². The van der Waals surface area contributed by atoms with E-state index in [0.717, 1.165) is 13.1 Å². The largest absolute Gasteiger partial charge is 0.307 e. The Morgan fingerprint density at radius 2 is 2.00 bits per heavy atom. The Hall–Kier alpha value is -1.61. The molecule has 0 unspecified atom stereocenters. The lowest BCUT2D eigenvalue weighted by atomic mass is 10.1. The van der Waals surface area contributed by atoms with E-state index in [2.05, 4.69) is 42.5 Å². The zero-order valence-corrected chi connectivity index (χ0v) is 10.7. The fourth-order valence-electron chi connectivity index (χ4n) is 1.89. The predicted molar refractivity (Wildman–Crippen MR) is 69.7 cm³/mol. The Morgan fingerprint density at radius 3 is 2.71 bits per heavy atom. The molecule has 1 heterocycles. The van der Waals surface area contributed by atoms with Crippen molar-refractivity contribution in [3.8, 4) is 0 Å². The van der Waals surface area contributed by atoms with Crippen LogP contribution in [0, 0.1) is 13.8 Å². The van der Waals surface area contributed by atoms with Gasteiger partial charge in [0.05, 0.1) is 5.69 Å². The quantitative estimate of drug-likeness (QED) is 0.872. The Morgan fingerprint density at radius 1 is 1.18 bits per heavy atom. The molecule has 2 rings (SSSR count). The summed E-state index contributed by atoms with van der Waals surface area (Å²) < 4.78 is 1.90.